The Hall–Kier alpha value is -4.00. The van der Waals surface area contributed by atoms with Gasteiger partial charge in [-0.2, -0.15) is 0 Å². The van der Waals surface area contributed by atoms with Gasteiger partial charge in [0.2, 0.25) is 0 Å². The van der Waals surface area contributed by atoms with Crippen molar-refractivity contribution < 1.29 is 19.3 Å². The van der Waals surface area contributed by atoms with Crippen LogP contribution >= 0.6 is 24.8 Å². The molecular formula is C52H52Cl2Zr. The van der Waals surface area contributed by atoms with E-state index in [1.165, 1.54) is 66.8 Å². The molecular weight excluding hydrogens is 787 g/mol. The largest absolute Gasteiger partial charge is 0.147 e. The second-order valence-electron chi connectivity index (χ2n) is 17.1. The van der Waals surface area contributed by atoms with Gasteiger partial charge in [-0.15, -0.1) is 24.8 Å². The average molecular weight is 839 g/mol. The number of benzene rings is 6. The van der Waals surface area contributed by atoms with Crippen LogP contribution in [0.1, 0.15) is 85.0 Å². The maximum absolute atomic E-state index is 3.83. The minimum atomic E-state index is -3.83. The number of allylic oxidation sites excluding steroid dienone is 4. The summed E-state index contributed by atoms with van der Waals surface area (Å²) in [5, 5.41) is 0. The molecule has 6 aromatic rings. The molecule has 2 aliphatic carbocycles. The van der Waals surface area contributed by atoms with E-state index >= 15 is 0 Å². The fourth-order valence-corrected chi connectivity index (χ4v) is 20.8. The van der Waals surface area contributed by atoms with E-state index in [9.17, 15) is 0 Å². The van der Waals surface area contributed by atoms with Crippen molar-refractivity contribution >= 4 is 32.2 Å². The van der Waals surface area contributed by atoms with Gasteiger partial charge in [0.15, 0.2) is 0 Å². The van der Waals surface area contributed by atoms with Crippen LogP contribution in [-0.2, 0) is 30.1 Å². The van der Waals surface area contributed by atoms with Crippen molar-refractivity contribution in [1.29, 1.82) is 0 Å². The van der Waals surface area contributed by atoms with Crippen LogP contribution < -0.4 is 0 Å². The van der Waals surface area contributed by atoms with Crippen LogP contribution in [0.2, 0.25) is 0 Å². The molecule has 0 aliphatic heterocycles. The molecule has 0 radical (unpaired) electrons. The Kier molecular flexibility index (Phi) is 12.0. The van der Waals surface area contributed by atoms with E-state index in [1.54, 1.807) is 3.28 Å². The second-order valence-corrected chi connectivity index (χ2v) is 26.1. The molecule has 0 saturated carbocycles. The summed E-state index contributed by atoms with van der Waals surface area (Å²) in [4.78, 5) is 0. The molecule has 0 aromatic heterocycles. The third kappa shape index (κ3) is 8.14. The molecule has 0 amide bonds. The van der Waals surface area contributed by atoms with Crippen molar-refractivity contribution in [3.8, 4) is 33.4 Å². The maximum atomic E-state index is 2.78. The van der Waals surface area contributed by atoms with Crippen LogP contribution in [0.15, 0.2) is 167 Å². The Balaban J connectivity index is 0.00000257. The maximum Gasteiger partial charge on any atom is -0.147 e. The Labute approximate surface area is 345 Å². The minimum Gasteiger partial charge on any atom is -0.147 e. The van der Waals surface area contributed by atoms with E-state index in [4.69, 9.17) is 0 Å². The molecule has 8 rings (SSSR count). The van der Waals surface area contributed by atoms with Crippen molar-refractivity contribution in [2.75, 3.05) is 0 Å². The topological polar surface area (TPSA) is 0 Å². The number of hydrogen-bond donors (Lipinski definition) is 0. The quantitative estimate of drug-likeness (QED) is 0.157. The summed E-state index contributed by atoms with van der Waals surface area (Å²) >= 11 is -3.83. The fourth-order valence-electron chi connectivity index (χ4n) is 8.40. The number of halogens is 2. The van der Waals surface area contributed by atoms with Gasteiger partial charge in [0.05, 0.1) is 0 Å². The molecule has 0 fully saturated rings. The monoisotopic (exact) mass is 836 g/mol. The molecule has 0 unspecified atom stereocenters. The first kappa shape index (κ1) is 40.7. The molecule has 55 heavy (non-hydrogen) atoms. The van der Waals surface area contributed by atoms with Crippen LogP contribution in [0.3, 0.4) is 0 Å². The number of rotatable bonds is 6. The third-order valence-corrected chi connectivity index (χ3v) is 22.9. The first-order valence-electron chi connectivity index (χ1n) is 19.2. The van der Waals surface area contributed by atoms with E-state index in [-0.39, 0.29) is 35.6 Å². The number of hydrogen-bond acceptors (Lipinski definition) is 0. The molecule has 0 saturated heterocycles. The van der Waals surface area contributed by atoms with Gasteiger partial charge < -0.3 is 0 Å². The van der Waals surface area contributed by atoms with Crippen LogP contribution in [0.4, 0.5) is 0 Å². The summed E-state index contributed by atoms with van der Waals surface area (Å²) in [5.74, 6) is 0. The summed E-state index contributed by atoms with van der Waals surface area (Å²) in [6.07, 6.45) is 8.17. The third-order valence-electron chi connectivity index (χ3n) is 11.4. The van der Waals surface area contributed by atoms with Crippen molar-refractivity contribution in [3.05, 3.63) is 200 Å². The van der Waals surface area contributed by atoms with E-state index in [0.29, 0.717) is 3.63 Å². The average Bonchev–Trinajstić information content (AvgIpc) is 3.83. The fraction of sp³-hybridized carbons (Fsp3) is 0.192. The molecule has 278 valence electrons. The molecule has 6 aromatic carbocycles. The summed E-state index contributed by atoms with van der Waals surface area (Å²) in [6.45, 7) is 14.0. The number of fused-ring (bicyclic) bond motifs is 3. The van der Waals surface area contributed by atoms with Gasteiger partial charge in [0.1, 0.15) is 0 Å². The molecule has 0 N–H and O–H groups in total. The second kappa shape index (κ2) is 16.2. The predicted octanol–water partition coefficient (Wildman–Crippen LogP) is 14.2. The van der Waals surface area contributed by atoms with Gasteiger partial charge in [0, 0.05) is 0 Å². The Morgan fingerprint density at radius 3 is 1.25 bits per heavy atom. The van der Waals surface area contributed by atoms with Crippen LogP contribution in [-0.4, -0.2) is 7.42 Å². The molecule has 3 heteroatoms. The first-order valence-corrected chi connectivity index (χ1v) is 24.7. The van der Waals surface area contributed by atoms with Crippen LogP contribution in [0, 0.1) is 0 Å². The summed E-state index contributed by atoms with van der Waals surface area (Å²) in [5.41, 5.74) is 16.4. The molecule has 0 heterocycles. The molecule has 0 spiro atoms. The standard InChI is InChI=1S/C21H25.2C13H10.C5H5.2ClH.Zr/c1-20(2,3)16-9-7-14-11-15-8-10-17(21(4,5)6)13-19(15)18(14)12-16;2*1-11-7-9-13(10-8-11)12-5-3-2-4-6-12;1-2-4-5-3-1;;;/h7-13H,1-6H3;2*1-10H;1-3H,4H2;2*1H;. The molecule has 0 nitrogen and oxygen atoms in total. The SMILES string of the molecule is CC(C)(C)c1ccc2c(c1)-c1cc(C(C)(C)C)ccc1[CH]2[Zr](=[CH]c1ccc(-c2ccccc2)cc1)(=[CH]c1ccc(-c2ccccc2)cc1)[C]1=CC=CC1.Cl.Cl. The zero-order valence-corrected chi connectivity index (χ0v) is 36.9. The van der Waals surface area contributed by atoms with Gasteiger partial charge in [-0.1, -0.05) is 0 Å². The molecule has 0 bridgehead atoms. The first-order chi connectivity index (χ1) is 25.5. The Morgan fingerprint density at radius 2 is 0.891 bits per heavy atom. The summed E-state index contributed by atoms with van der Waals surface area (Å²) in [7, 11) is 0. The smallest absolute Gasteiger partial charge is 0.147 e. The van der Waals surface area contributed by atoms with Gasteiger partial charge in [-0.3, -0.25) is 0 Å². The summed E-state index contributed by atoms with van der Waals surface area (Å²) in [6, 6.07) is 55.1. The van der Waals surface area contributed by atoms with Gasteiger partial charge in [0.25, 0.3) is 0 Å². The van der Waals surface area contributed by atoms with Crippen LogP contribution in [0.5, 0.6) is 0 Å². The van der Waals surface area contributed by atoms with Gasteiger partial charge in [-0.05, 0) is 0 Å². The van der Waals surface area contributed by atoms with Crippen molar-refractivity contribution in [2.45, 2.75) is 62.4 Å². The minimum absolute atomic E-state index is 0. The zero-order valence-electron chi connectivity index (χ0n) is 32.8. The molecule has 2 aliphatic rings. The Morgan fingerprint density at radius 1 is 0.491 bits per heavy atom. The van der Waals surface area contributed by atoms with Crippen molar-refractivity contribution in [1.82, 2.24) is 0 Å². The van der Waals surface area contributed by atoms with E-state index in [1.807, 2.05) is 0 Å². The van der Waals surface area contributed by atoms with Crippen LogP contribution in [0.25, 0.3) is 33.4 Å². The van der Waals surface area contributed by atoms with Crippen molar-refractivity contribution in [3.63, 3.8) is 0 Å². The summed E-state index contributed by atoms with van der Waals surface area (Å²) < 4.78 is 7.49. The van der Waals surface area contributed by atoms with Gasteiger partial charge in [-0.25, -0.2) is 0 Å². The predicted molar refractivity (Wildman–Crippen MR) is 242 cm³/mol. The van der Waals surface area contributed by atoms with Crippen molar-refractivity contribution in [2.24, 2.45) is 0 Å². The van der Waals surface area contributed by atoms with Gasteiger partial charge >= 0.3 is 323 Å². The molecule has 0 atom stereocenters. The normalized spacial score (nSPS) is 13.3. The van der Waals surface area contributed by atoms with E-state index < -0.39 is 19.3 Å². The van der Waals surface area contributed by atoms with E-state index in [2.05, 4.69) is 213 Å². The van der Waals surface area contributed by atoms with E-state index in [0.717, 1.165) is 6.42 Å². The zero-order chi connectivity index (χ0) is 36.8. The Bertz CT molecular complexity index is 2320.